The number of hydrogen-bond donors (Lipinski definition) is 2. The molecule has 0 fully saturated rings. The van der Waals surface area contributed by atoms with Gasteiger partial charge in [-0.15, -0.1) is 0 Å². The third-order valence-electron chi connectivity index (χ3n) is 5.14. The predicted molar refractivity (Wildman–Crippen MR) is 117 cm³/mol. The highest BCUT2D eigenvalue weighted by Crippen LogP contribution is 2.31. The molecule has 172 valence electrons. The smallest absolute Gasteiger partial charge is 0.263 e. The summed E-state index contributed by atoms with van der Waals surface area (Å²) in [4.78, 5) is 28.6. The number of sulfonamides is 1. The number of nitrogens with zero attached hydrogens (tertiary/aromatic N) is 3. The first kappa shape index (κ1) is 23.7. The lowest BCUT2D eigenvalue weighted by atomic mass is 10.1. The summed E-state index contributed by atoms with van der Waals surface area (Å²) >= 11 is 0. The number of hydroxylamine groups is 1. The maximum Gasteiger partial charge on any atom is 0.263 e. The van der Waals surface area contributed by atoms with Crippen LogP contribution >= 0.6 is 0 Å². The summed E-state index contributed by atoms with van der Waals surface area (Å²) in [6.07, 6.45) is 0. The molecule has 2 aromatic rings. The van der Waals surface area contributed by atoms with Crippen molar-refractivity contribution in [2.45, 2.75) is 17.5 Å². The van der Waals surface area contributed by atoms with E-state index in [-0.39, 0.29) is 30.4 Å². The molecule has 10 nitrogen and oxygen atoms in total. The second-order valence-corrected chi connectivity index (χ2v) is 9.48. The van der Waals surface area contributed by atoms with Crippen LogP contribution in [0.25, 0.3) is 0 Å². The largest absolute Gasteiger partial charge is 0.497 e. The zero-order valence-electron chi connectivity index (χ0n) is 18.1. The van der Waals surface area contributed by atoms with Gasteiger partial charge in [0.15, 0.2) is 0 Å². The fourth-order valence-corrected chi connectivity index (χ4v) is 5.12. The van der Waals surface area contributed by atoms with Gasteiger partial charge in [-0.25, -0.2) is 13.9 Å². The van der Waals surface area contributed by atoms with E-state index in [0.29, 0.717) is 17.0 Å². The van der Waals surface area contributed by atoms with Crippen molar-refractivity contribution in [1.29, 1.82) is 0 Å². The van der Waals surface area contributed by atoms with E-state index in [4.69, 9.17) is 4.74 Å². The van der Waals surface area contributed by atoms with Crippen molar-refractivity contribution in [3.8, 4) is 5.75 Å². The molecule has 1 unspecified atom stereocenters. The Labute approximate surface area is 187 Å². The van der Waals surface area contributed by atoms with Crippen LogP contribution in [0.4, 0.5) is 5.69 Å². The van der Waals surface area contributed by atoms with Gasteiger partial charge in [-0.1, -0.05) is 18.2 Å². The number of anilines is 1. The van der Waals surface area contributed by atoms with Crippen molar-refractivity contribution in [3.05, 3.63) is 54.1 Å². The summed E-state index contributed by atoms with van der Waals surface area (Å²) in [6, 6.07) is 11.3. The second kappa shape index (κ2) is 9.65. The topological polar surface area (TPSA) is 119 Å². The lowest BCUT2D eigenvalue weighted by Gasteiger charge is -2.30. The van der Waals surface area contributed by atoms with E-state index in [2.05, 4.69) is 0 Å². The lowest BCUT2D eigenvalue weighted by Crippen LogP contribution is -2.54. The highest BCUT2D eigenvalue weighted by Gasteiger charge is 2.41. The predicted octanol–water partition coefficient (Wildman–Crippen LogP) is 0.668. The summed E-state index contributed by atoms with van der Waals surface area (Å²) in [5.41, 5.74) is 2.62. The number of hydrogen-bond acceptors (Lipinski definition) is 7. The molecule has 0 bridgehead atoms. The minimum atomic E-state index is -4.17. The van der Waals surface area contributed by atoms with Crippen LogP contribution in [0.15, 0.2) is 53.4 Å². The van der Waals surface area contributed by atoms with Crippen molar-refractivity contribution in [2.75, 3.05) is 39.2 Å². The molecule has 2 aromatic carbocycles. The molecule has 0 aliphatic carbocycles. The van der Waals surface area contributed by atoms with Crippen LogP contribution in [-0.4, -0.2) is 75.0 Å². The van der Waals surface area contributed by atoms with Crippen molar-refractivity contribution >= 4 is 27.5 Å². The van der Waals surface area contributed by atoms with Gasteiger partial charge in [0.2, 0.25) is 15.9 Å². The first-order valence-electron chi connectivity index (χ1n) is 9.82. The summed E-state index contributed by atoms with van der Waals surface area (Å²) in [6.45, 7) is -0.354. The Bertz CT molecular complexity index is 1090. The van der Waals surface area contributed by atoms with E-state index < -0.39 is 22.0 Å². The Hall–Kier alpha value is -2.99. The number of carbonyl (C=O) groups excluding carboxylic acids is 2. The Morgan fingerprint density at radius 3 is 2.41 bits per heavy atom. The zero-order chi connectivity index (χ0) is 23.5. The Morgan fingerprint density at radius 2 is 1.81 bits per heavy atom. The molecule has 32 heavy (non-hydrogen) atoms. The number of rotatable bonds is 6. The average Bonchev–Trinajstić information content (AvgIpc) is 2.96. The Balaban J connectivity index is 2.11. The number of likely N-dealkylation sites (N-methyl/N-ethyl adjacent to an activating group) is 1. The number of benzene rings is 2. The summed E-state index contributed by atoms with van der Waals surface area (Å²) < 4.78 is 33.2. The molecule has 3 rings (SSSR count). The van der Waals surface area contributed by atoms with Crippen LogP contribution in [0, 0.1) is 0 Å². The maximum absolute atomic E-state index is 13.5. The first-order chi connectivity index (χ1) is 15.2. The maximum atomic E-state index is 13.5. The number of amides is 2. The molecule has 11 heteroatoms. The Kier molecular flexibility index (Phi) is 7.14. The number of para-hydroxylation sites is 1. The van der Waals surface area contributed by atoms with Gasteiger partial charge in [-0.2, -0.15) is 4.31 Å². The summed E-state index contributed by atoms with van der Waals surface area (Å²) in [7, 11) is 0.769. The van der Waals surface area contributed by atoms with Gasteiger partial charge in [-0.05, 0) is 50.0 Å². The molecule has 0 radical (unpaired) electrons. The molecule has 1 aliphatic rings. The third-order valence-corrected chi connectivity index (χ3v) is 7.01. The van der Waals surface area contributed by atoms with Gasteiger partial charge in [0, 0.05) is 12.2 Å². The molecular formula is C21H26N4O6S. The summed E-state index contributed by atoms with van der Waals surface area (Å²) in [5, 5.41) is 9.34. The van der Waals surface area contributed by atoms with Gasteiger partial charge < -0.3 is 14.5 Å². The monoisotopic (exact) mass is 462 g/mol. The van der Waals surface area contributed by atoms with E-state index >= 15 is 0 Å². The first-order valence-corrected chi connectivity index (χ1v) is 11.3. The van der Waals surface area contributed by atoms with Crippen LogP contribution in [0.1, 0.15) is 5.56 Å². The molecule has 2 amide bonds. The normalized spacial score (nSPS) is 16.9. The van der Waals surface area contributed by atoms with E-state index in [1.165, 1.54) is 36.3 Å². The lowest BCUT2D eigenvalue weighted by molar-refractivity contribution is -0.133. The highest BCUT2D eigenvalue weighted by atomic mass is 32.2. The minimum absolute atomic E-state index is 0.0420. The number of methoxy groups -OCH3 is 1. The Morgan fingerprint density at radius 1 is 1.16 bits per heavy atom. The molecule has 0 aromatic heterocycles. The quantitative estimate of drug-likeness (QED) is 0.478. The number of fused-ring (bicyclic) bond motifs is 1. The number of ether oxygens (including phenoxy) is 1. The van der Waals surface area contributed by atoms with Gasteiger partial charge in [0.25, 0.3) is 5.91 Å². The van der Waals surface area contributed by atoms with Crippen LogP contribution < -0.4 is 15.1 Å². The molecule has 0 saturated carbocycles. The van der Waals surface area contributed by atoms with Gasteiger partial charge in [0.1, 0.15) is 11.8 Å². The molecule has 2 N–H and O–H groups in total. The van der Waals surface area contributed by atoms with Crippen LogP contribution in [0.5, 0.6) is 5.75 Å². The van der Waals surface area contributed by atoms with Crippen molar-refractivity contribution in [1.82, 2.24) is 14.7 Å². The molecule has 1 heterocycles. The fraction of sp³-hybridized carbons (Fsp3) is 0.333. The molecular weight excluding hydrogens is 436 g/mol. The van der Waals surface area contributed by atoms with E-state index in [1.807, 2.05) is 0 Å². The van der Waals surface area contributed by atoms with E-state index in [9.17, 15) is 23.2 Å². The van der Waals surface area contributed by atoms with Crippen molar-refractivity contribution in [2.24, 2.45) is 0 Å². The van der Waals surface area contributed by atoms with E-state index in [1.54, 1.807) is 48.7 Å². The van der Waals surface area contributed by atoms with Crippen LogP contribution in [0.3, 0.4) is 0 Å². The third kappa shape index (κ3) is 4.75. The molecule has 1 aliphatic heterocycles. The zero-order valence-corrected chi connectivity index (χ0v) is 18.9. The number of nitrogens with one attached hydrogen (secondary N) is 1. The van der Waals surface area contributed by atoms with E-state index in [0.717, 1.165) is 4.31 Å². The molecule has 1 atom stereocenters. The highest BCUT2D eigenvalue weighted by molar-refractivity contribution is 7.89. The molecule has 0 spiro atoms. The molecule has 0 saturated heterocycles. The standard InChI is InChI=1S/C21H26N4O6S/c1-23(2)14-20(26)24-13-19(21(27)22-28)25(12-15-6-4-5-7-18(15)24)32(29,30)17-10-8-16(31-3)9-11-17/h4-11,19,28H,12-14H2,1-3H3,(H,22,27). The number of carbonyl (C=O) groups is 2. The van der Waals surface area contributed by atoms with Gasteiger partial charge >= 0.3 is 0 Å². The van der Waals surface area contributed by atoms with Crippen LogP contribution in [0.2, 0.25) is 0 Å². The van der Waals surface area contributed by atoms with Crippen molar-refractivity contribution in [3.63, 3.8) is 0 Å². The van der Waals surface area contributed by atoms with Gasteiger partial charge in [-0.3, -0.25) is 14.8 Å². The van der Waals surface area contributed by atoms with Gasteiger partial charge in [0.05, 0.1) is 25.1 Å². The summed E-state index contributed by atoms with van der Waals surface area (Å²) in [5.74, 6) is -0.755. The minimum Gasteiger partial charge on any atom is -0.497 e. The fourth-order valence-electron chi connectivity index (χ4n) is 3.56. The SMILES string of the molecule is COc1ccc(S(=O)(=O)N2Cc3ccccc3N(C(=O)CN(C)C)CC2C(=O)NO)cc1. The van der Waals surface area contributed by atoms with Crippen molar-refractivity contribution < 1.29 is 28.0 Å². The second-order valence-electron chi connectivity index (χ2n) is 7.59. The van der Waals surface area contributed by atoms with Crippen LogP contribution in [-0.2, 0) is 26.2 Å². The average molecular weight is 463 g/mol.